The number of amides is 1. The van der Waals surface area contributed by atoms with E-state index in [2.05, 4.69) is 12.4 Å². The Morgan fingerprint density at radius 2 is 1.88 bits per heavy atom. The number of aliphatic imine (C=N–C) groups is 1. The van der Waals surface area contributed by atoms with Gasteiger partial charge in [0.15, 0.2) is 5.96 Å². The number of nitrogens with one attached hydrogen (secondary N) is 1. The van der Waals surface area contributed by atoms with E-state index >= 15 is 0 Å². The van der Waals surface area contributed by atoms with Crippen LogP contribution in [-0.4, -0.2) is 42.4 Å². The van der Waals surface area contributed by atoms with Gasteiger partial charge in [-0.15, -0.1) is 0 Å². The lowest BCUT2D eigenvalue weighted by atomic mass is 9.74. The van der Waals surface area contributed by atoms with Gasteiger partial charge >= 0.3 is 0 Å². The maximum atomic E-state index is 13.1. The second kappa shape index (κ2) is 8.07. The molecule has 0 aromatic rings. The van der Waals surface area contributed by atoms with Crippen molar-refractivity contribution in [2.75, 3.05) is 14.1 Å². The van der Waals surface area contributed by atoms with Crippen molar-refractivity contribution in [2.24, 2.45) is 22.6 Å². The zero-order valence-corrected chi connectivity index (χ0v) is 16.1. The predicted octanol–water partition coefficient (Wildman–Crippen LogP) is 3.04. The number of hydrogen-bond donors (Lipinski definition) is 2. The van der Waals surface area contributed by atoms with Crippen LogP contribution in [0.25, 0.3) is 0 Å². The van der Waals surface area contributed by atoms with Gasteiger partial charge in [-0.1, -0.05) is 44.9 Å². The van der Waals surface area contributed by atoms with Gasteiger partial charge < -0.3 is 11.1 Å². The van der Waals surface area contributed by atoms with Crippen molar-refractivity contribution in [1.29, 1.82) is 0 Å². The van der Waals surface area contributed by atoms with E-state index in [0.29, 0.717) is 17.9 Å². The smallest absolute Gasteiger partial charge is 0.257 e. The highest BCUT2D eigenvalue weighted by molar-refractivity contribution is 6.06. The molecule has 2 saturated carbocycles. The summed E-state index contributed by atoms with van der Waals surface area (Å²) in [7, 11) is 3.83. The molecule has 0 radical (unpaired) electrons. The topological polar surface area (TPSA) is 70.7 Å². The van der Waals surface area contributed by atoms with Crippen molar-refractivity contribution in [2.45, 2.75) is 88.6 Å². The summed E-state index contributed by atoms with van der Waals surface area (Å²) < 4.78 is 0. The van der Waals surface area contributed by atoms with Crippen molar-refractivity contribution in [3.63, 3.8) is 0 Å². The molecule has 1 aliphatic heterocycles. The van der Waals surface area contributed by atoms with Gasteiger partial charge in [0.1, 0.15) is 5.54 Å². The highest BCUT2D eigenvalue weighted by Crippen LogP contribution is 2.40. The second-order valence-electron chi connectivity index (χ2n) is 8.63. The largest absolute Gasteiger partial charge is 0.369 e. The Kier molecular flexibility index (Phi) is 6.03. The SMILES string of the molecule is CNC1CCCC(CC2(CCC3CCCCC3)N=C(N)N(C)C2=O)C1. The van der Waals surface area contributed by atoms with Gasteiger partial charge in [0.2, 0.25) is 0 Å². The molecule has 0 aromatic carbocycles. The highest BCUT2D eigenvalue weighted by Gasteiger charge is 2.47. The first kappa shape index (κ1) is 18.7. The third-order valence-electron chi connectivity index (χ3n) is 6.88. The molecule has 0 bridgehead atoms. The van der Waals surface area contributed by atoms with E-state index in [9.17, 15) is 4.79 Å². The lowest BCUT2D eigenvalue weighted by molar-refractivity contribution is -0.131. The average Bonchev–Trinajstić information content (AvgIpc) is 2.85. The monoisotopic (exact) mass is 348 g/mol. The molecule has 3 unspecified atom stereocenters. The molecule has 0 aromatic heterocycles. The standard InChI is InChI=1S/C20H36N4O/c1-22-17-10-6-9-16(13-17)14-20(18(25)24(2)19(21)23-20)12-11-15-7-4-3-5-8-15/h15-17,22H,3-14H2,1-2H3,(H2,21,23). The third kappa shape index (κ3) is 4.18. The third-order valence-corrected chi connectivity index (χ3v) is 6.88. The molecule has 3 N–H and O–H groups in total. The zero-order valence-electron chi connectivity index (χ0n) is 16.1. The maximum Gasteiger partial charge on any atom is 0.257 e. The molecule has 142 valence electrons. The van der Waals surface area contributed by atoms with Crippen LogP contribution in [0, 0.1) is 11.8 Å². The number of guanidine groups is 1. The number of rotatable bonds is 6. The number of nitrogens with two attached hydrogens (primary N) is 1. The first-order chi connectivity index (χ1) is 12.0. The van der Waals surface area contributed by atoms with E-state index in [1.807, 2.05) is 0 Å². The summed E-state index contributed by atoms with van der Waals surface area (Å²) in [6.45, 7) is 0. The first-order valence-electron chi connectivity index (χ1n) is 10.3. The molecule has 1 amide bonds. The molecule has 0 spiro atoms. The number of carbonyl (C=O) groups is 1. The van der Waals surface area contributed by atoms with Crippen molar-refractivity contribution < 1.29 is 4.79 Å². The van der Waals surface area contributed by atoms with Crippen LogP contribution >= 0.6 is 0 Å². The Bertz CT molecular complexity index is 500. The summed E-state index contributed by atoms with van der Waals surface area (Å²) in [5.41, 5.74) is 5.47. The summed E-state index contributed by atoms with van der Waals surface area (Å²) in [5.74, 6) is 1.89. The molecule has 5 nitrogen and oxygen atoms in total. The minimum Gasteiger partial charge on any atom is -0.369 e. The molecular weight excluding hydrogens is 312 g/mol. The van der Waals surface area contributed by atoms with E-state index in [-0.39, 0.29) is 5.91 Å². The fraction of sp³-hybridized carbons (Fsp3) is 0.900. The molecule has 5 heteroatoms. The quantitative estimate of drug-likeness (QED) is 0.775. The van der Waals surface area contributed by atoms with E-state index in [1.165, 1.54) is 51.4 Å². The fourth-order valence-electron chi connectivity index (χ4n) is 5.29. The van der Waals surface area contributed by atoms with E-state index < -0.39 is 5.54 Å². The first-order valence-corrected chi connectivity index (χ1v) is 10.3. The fourth-order valence-corrected chi connectivity index (χ4v) is 5.29. The van der Waals surface area contributed by atoms with Crippen molar-refractivity contribution in [3.05, 3.63) is 0 Å². The summed E-state index contributed by atoms with van der Waals surface area (Å²) >= 11 is 0. The van der Waals surface area contributed by atoms with Crippen LogP contribution in [0.4, 0.5) is 0 Å². The van der Waals surface area contributed by atoms with Gasteiger partial charge in [-0.25, -0.2) is 4.99 Å². The average molecular weight is 349 g/mol. The van der Waals surface area contributed by atoms with Crippen molar-refractivity contribution in [3.8, 4) is 0 Å². The van der Waals surface area contributed by atoms with Crippen LogP contribution in [0.15, 0.2) is 4.99 Å². The molecule has 0 saturated heterocycles. The summed E-state index contributed by atoms with van der Waals surface area (Å²) in [6, 6.07) is 0.588. The molecule has 2 aliphatic carbocycles. The Labute approximate surface area is 152 Å². The van der Waals surface area contributed by atoms with Crippen LogP contribution in [0.3, 0.4) is 0 Å². The summed E-state index contributed by atoms with van der Waals surface area (Å²) in [6.07, 6.45) is 14.5. The Balaban J connectivity index is 1.69. The molecule has 1 heterocycles. The summed E-state index contributed by atoms with van der Waals surface area (Å²) in [5, 5.41) is 3.43. The molecule has 2 fully saturated rings. The van der Waals surface area contributed by atoms with Gasteiger partial charge in [0, 0.05) is 13.1 Å². The normalized spacial score (nSPS) is 34.4. The Morgan fingerprint density at radius 1 is 1.16 bits per heavy atom. The van der Waals surface area contributed by atoms with Gasteiger partial charge in [0.25, 0.3) is 5.91 Å². The van der Waals surface area contributed by atoms with Gasteiger partial charge in [-0.2, -0.15) is 0 Å². The van der Waals surface area contributed by atoms with Crippen molar-refractivity contribution >= 4 is 11.9 Å². The highest BCUT2D eigenvalue weighted by atomic mass is 16.2. The maximum absolute atomic E-state index is 13.1. The van der Waals surface area contributed by atoms with Crippen LogP contribution in [0.5, 0.6) is 0 Å². The van der Waals surface area contributed by atoms with Crippen LogP contribution in [-0.2, 0) is 4.79 Å². The molecule has 3 rings (SSSR count). The van der Waals surface area contributed by atoms with Gasteiger partial charge in [-0.3, -0.25) is 9.69 Å². The van der Waals surface area contributed by atoms with Crippen molar-refractivity contribution in [1.82, 2.24) is 10.2 Å². The molecule has 25 heavy (non-hydrogen) atoms. The van der Waals surface area contributed by atoms with E-state index in [4.69, 9.17) is 10.7 Å². The summed E-state index contributed by atoms with van der Waals surface area (Å²) in [4.78, 5) is 19.4. The van der Waals surface area contributed by atoms with E-state index in [1.54, 1.807) is 11.9 Å². The van der Waals surface area contributed by atoms with Gasteiger partial charge in [-0.05, 0) is 51.0 Å². The molecular formula is C20H36N4O. The lowest BCUT2D eigenvalue weighted by Gasteiger charge is -2.35. The Morgan fingerprint density at radius 3 is 2.52 bits per heavy atom. The minimum absolute atomic E-state index is 0.132. The molecule has 3 aliphatic rings. The van der Waals surface area contributed by atoms with Crippen LogP contribution < -0.4 is 11.1 Å². The Hall–Kier alpha value is -1.10. The zero-order chi connectivity index (χ0) is 17.9. The van der Waals surface area contributed by atoms with E-state index in [0.717, 1.165) is 31.6 Å². The molecule has 3 atom stereocenters. The predicted molar refractivity (Wildman–Crippen MR) is 102 cm³/mol. The number of hydrogen-bond acceptors (Lipinski definition) is 4. The number of likely N-dealkylation sites (N-methyl/N-ethyl adjacent to an activating group) is 1. The number of carbonyl (C=O) groups excluding carboxylic acids is 1. The van der Waals surface area contributed by atoms with Crippen LogP contribution in [0.2, 0.25) is 0 Å². The second-order valence-corrected chi connectivity index (χ2v) is 8.63. The van der Waals surface area contributed by atoms with Gasteiger partial charge in [0.05, 0.1) is 0 Å². The minimum atomic E-state index is -0.587. The number of nitrogens with zero attached hydrogens (tertiary/aromatic N) is 2. The van der Waals surface area contributed by atoms with Crippen LogP contribution in [0.1, 0.15) is 77.0 Å². The lowest BCUT2D eigenvalue weighted by Crippen LogP contribution is -2.44.